The molecule has 1 amide bonds. The Labute approximate surface area is 254 Å². The van der Waals surface area contributed by atoms with E-state index < -0.39 is 42.4 Å². The van der Waals surface area contributed by atoms with Gasteiger partial charge in [-0.3, -0.25) is 29.4 Å². The lowest BCUT2D eigenvalue weighted by atomic mass is 9.70. The zero-order valence-electron chi connectivity index (χ0n) is 24.8. The molecule has 1 aromatic carbocycles. The van der Waals surface area contributed by atoms with Crippen molar-refractivity contribution < 1.29 is 40.6 Å². The van der Waals surface area contributed by atoms with Gasteiger partial charge < -0.3 is 9.84 Å². The first-order valence-electron chi connectivity index (χ1n) is 15.3. The molecule has 5 aliphatic rings. The summed E-state index contributed by atoms with van der Waals surface area (Å²) in [5.74, 6) is -2.36. The quantitative estimate of drug-likeness (QED) is 0.344. The van der Waals surface area contributed by atoms with Gasteiger partial charge in [-0.05, 0) is 68.9 Å². The second-order valence-electron chi connectivity index (χ2n) is 13.2. The predicted molar refractivity (Wildman–Crippen MR) is 159 cm³/mol. The topological polar surface area (TPSA) is 188 Å². The van der Waals surface area contributed by atoms with Crippen LogP contribution in [0.3, 0.4) is 0 Å². The van der Waals surface area contributed by atoms with Gasteiger partial charge >= 0.3 is 0 Å². The Morgan fingerprint density at radius 1 is 1.00 bits per heavy atom. The third-order valence-electron chi connectivity index (χ3n) is 10.3. The molecule has 8 unspecified atom stereocenters. The van der Waals surface area contributed by atoms with E-state index in [4.69, 9.17) is 15.0 Å². The third kappa shape index (κ3) is 6.26. The molecule has 2 aliphatic carbocycles. The average molecular weight is 644 g/mol. The molecule has 6 rings (SSSR count). The summed E-state index contributed by atoms with van der Waals surface area (Å²) in [5.41, 5.74) is 6.01. The maximum Gasteiger partial charge on any atom is 0.274 e. The highest BCUT2D eigenvalue weighted by Crippen LogP contribution is 2.47. The summed E-state index contributed by atoms with van der Waals surface area (Å²) in [4.78, 5) is 17.0. The number of hydrogen-bond donors (Lipinski definition) is 4. The Hall–Kier alpha value is -1.65. The number of nitrogens with two attached hydrogens (primary N) is 1. The zero-order valence-corrected chi connectivity index (χ0v) is 26.4. The molecule has 2 saturated carbocycles. The number of ether oxygens (including phenoxy) is 1. The maximum atomic E-state index is 13.2. The van der Waals surface area contributed by atoms with Gasteiger partial charge in [0.1, 0.15) is 0 Å². The van der Waals surface area contributed by atoms with Gasteiger partial charge in [-0.25, -0.2) is 0 Å². The minimum atomic E-state index is -4.06. The summed E-state index contributed by atoms with van der Waals surface area (Å²) in [6.07, 6.45) is 5.36. The highest BCUT2D eigenvalue weighted by molar-refractivity contribution is 7.86. The van der Waals surface area contributed by atoms with E-state index in [0.717, 1.165) is 37.9 Å². The number of benzene rings is 1. The fourth-order valence-electron chi connectivity index (χ4n) is 8.06. The van der Waals surface area contributed by atoms with Gasteiger partial charge in [0.15, 0.2) is 0 Å². The van der Waals surface area contributed by atoms with E-state index >= 15 is 0 Å². The monoisotopic (exact) mass is 643 g/mol. The molecular weight excluding hydrogens is 598 g/mol. The molecule has 3 aliphatic heterocycles. The Morgan fingerprint density at radius 2 is 1.70 bits per heavy atom. The molecule has 5 fully saturated rings. The van der Waals surface area contributed by atoms with Crippen molar-refractivity contribution in [1.29, 1.82) is 0 Å². The largest absolute Gasteiger partial charge is 0.347 e. The molecule has 3 saturated heterocycles. The lowest BCUT2D eigenvalue weighted by molar-refractivity contribution is -0.325. The van der Waals surface area contributed by atoms with Gasteiger partial charge in [-0.2, -0.15) is 16.8 Å². The van der Waals surface area contributed by atoms with Crippen molar-refractivity contribution in [3.63, 3.8) is 0 Å². The molecule has 12 nitrogen and oxygen atoms in total. The van der Waals surface area contributed by atoms with Crippen LogP contribution in [0.1, 0.15) is 70.8 Å². The average Bonchev–Trinajstić information content (AvgIpc) is 3.49. The van der Waals surface area contributed by atoms with Crippen LogP contribution in [0.2, 0.25) is 0 Å². The van der Waals surface area contributed by atoms with Crippen molar-refractivity contribution >= 4 is 26.1 Å². The molecule has 14 heteroatoms. The summed E-state index contributed by atoms with van der Waals surface area (Å²) < 4.78 is 69.1. The minimum absolute atomic E-state index is 0.0358. The number of fused-ring (bicyclic) bond motifs is 4. The second-order valence-corrected chi connectivity index (χ2v) is 16.6. The van der Waals surface area contributed by atoms with E-state index in [2.05, 4.69) is 17.0 Å². The predicted octanol–water partition coefficient (Wildman–Crippen LogP) is 1.99. The number of amides is 1. The zero-order chi connectivity index (χ0) is 31.4. The lowest BCUT2D eigenvalue weighted by Crippen LogP contribution is -2.69. The van der Waals surface area contributed by atoms with Crippen molar-refractivity contribution in [3.8, 4) is 0 Å². The van der Waals surface area contributed by atoms with Crippen molar-refractivity contribution in [2.24, 2.45) is 23.5 Å². The van der Waals surface area contributed by atoms with E-state index in [9.17, 15) is 31.3 Å². The van der Waals surface area contributed by atoms with E-state index in [1.54, 1.807) is 4.90 Å². The third-order valence-corrected chi connectivity index (χ3v) is 13.0. The van der Waals surface area contributed by atoms with E-state index in [1.807, 2.05) is 32.0 Å². The van der Waals surface area contributed by atoms with Crippen LogP contribution in [-0.2, 0) is 36.2 Å². The van der Waals surface area contributed by atoms with Crippen molar-refractivity contribution in [3.05, 3.63) is 35.9 Å². The maximum absolute atomic E-state index is 13.2. The fraction of sp³-hybridized carbons (Fsp3) is 0.759. The smallest absolute Gasteiger partial charge is 0.274 e. The van der Waals surface area contributed by atoms with Gasteiger partial charge in [0.25, 0.3) is 32.1 Å². The van der Waals surface area contributed by atoms with Crippen LogP contribution >= 0.6 is 0 Å². The van der Waals surface area contributed by atoms with Crippen LogP contribution in [-0.4, -0.2) is 94.1 Å². The lowest BCUT2D eigenvalue weighted by Gasteiger charge is -2.49. The number of hydrogen-bond acceptors (Lipinski definition) is 9. The highest BCUT2D eigenvalue weighted by atomic mass is 32.2. The summed E-state index contributed by atoms with van der Waals surface area (Å²) in [6, 6.07) is 9.71. The van der Waals surface area contributed by atoms with E-state index in [0.29, 0.717) is 32.1 Å². The number of aliphatic hydroxyl groups is 1. The van der Waals surface area contributed by atoms with Crippen LogP contribution in [0.5, 0.6) is 0 Å². The van der Waals surface area contributed by atoms with E-state index in [-0.39, 0.29) is 42.2 Å². The molecule has 3 heterocycles. The summed E-state index contributed by atoms with van der Waals surface area (Å²) in [5, 5.41) is 9.90. The molecule has 8 atom stereocenters. The van der Waals surface area contributed by atoms with Crippen molar-refractivity contribution in [1.82, 2.24) is 9.80 Å². The number of rotatable bonds is 5. The second kappa shape index (κ2) is 11.9. The standard InChI is InChI=1S/C19H27N3O3.C10H18O6S2/c1-13(2)18(20)17(23)22-15(11-14-7-4-3-5-8-14)12-21-10-6-9-16(21)19(22,24)25-18;11-17(12,13)8-4-5-9-7(6-8)2-1-3-10(9)18(14,15)16/h3-5,7-8,13,15-16,24H,6,9-12,20H2,1-2H3;7-10H,1-6H2,(H,11,12,13)(H,14,15,16). The molecule has 5 N–H and O–H groups in total. The first-order chi connectivity index (χ1) is 20.1. The molecule has 0 aromatic heterocycles. The fourth-order valence-corrected chi connectivity index (χ4v) is 10.3. The van der Waals surface area contributed by atoms with E-state index in [1.165, 1.54) is 0 Å². The Morgan fingerprint density at radius 3 is 2.33 bits per heavy atom. The first-order valence-corrected chi connectivity index (χ1v) is 18.3. The number of carbonyl (C=O) groups is 1. The van der Waals surface area contributed by atoms with Gasteiger partial charge in [-0.1, -0.05) is 57.0 Å². The van der Waals surface area contributed by atoms with Crippen molar-refractivity contribution in [2.45, 2.75) is 106 Å². The van der Waals surface area contributed by atoms with Crippen LogP contribution in [0, 0.1) is 17.8 Å². The number of piperazine rings is 1. The molecule has 0 spiro atoms. The highest BCUT2D eigenvalue weighted by Gasteiger charge is 2.68. The first kappa shape index (κ1) is 32.7. The van der Waals surface area contributed by atoms with Crippen molar-refractivity contribution in [2.75, 3.05) is 13.1 Å². The Bertz CT molecular complexity index is 1390. The minimum Gasteiger partial charge on any atom is -0.347 e. The summed E-state index contributed by atoms with van der Waals surface area (Å²) in [6.45, 7) is 5.38. The van der Waals surface area contributed by atoms with Crippen LogP contribution < -0.4 is 5.73 Å². The van der Waals surface area contributed by atoms with Gasteiger partial charge in [0.2, 0.25) is 5.72 Å². The number of nitrogens with zero attached hydrogens (tertiary/aromatic N) is 2. The normalized spacial score (nSPS) is 38.2. The van der Waals surface area contributed by atoms with Crippen LogP contribution in [0.25, 0.3) is 0 Å². The summed E-state index contributed by atoms with van der Waals surface area (Å²) >= 11 is 0. The van der Waals surface area contributed by atoms with Gasteiger partial charge in [-0.15, -0.1) is 0 Å². The van der Waals surface area contributed by atoms with Crippen LogP contribution in [0.4, 0.5) is 0 Å². The van der Waals surface area contributed by atoms with Gasteiger partial charge in [0, 0.05) is 12.5 Å². The Kier molecular flexibility index (Phi) is 9.09. The molecule has 0 radical (unpaired) electrons. The summed E-state index contributed by atoms with van der Waals surface area (Å²) in [7, 11) is -8.10. The van der Waals surface area contributed by atoms with Gasteiger partial charge in [0.05, 0.1) is 22.6 Å². The Balaban J connectivity index is 0.000000181. The molecule has 1 aromatic rings. The SMILES string of the molecule is CC(C)C1(N)OC2(O)C3CCCN3CC(Cc3ccccc3)N2C1=O.O=S(=O)(O)C1CCC2C(CCCC2S(=O)(=O)O)C1. The molecular formula is C29H45N3O9S2. The number of carbonyl (C=O) groups excluding carboxylic acids is 1. The molecule has 0 bridgehead atoms. The molecule has 43 heavy (non-hydrogen) atoms. The van der Waals surface area contributed by atoms with Crippen LogP contribution in [0.15, 0.2) is 30.3 Å². The molecule has 242 valence electrons.